The predicted octanol–water partition coefficient (Wildman–Crippen LogP) is 2.22. The van der Waals surface area contributed by atoms with Crippen molar-refractivity contribution >= 4 is 11.7 Å². The highest BCUT2D eigenvalue weighted by Crippen LogP contribution is 2.30. The number of hydrogen-bond acceptors (Lipinski definition) is 4. The monoisotopic (exact) mass is 343 g/mol. The van der Waals surface area contributed by atoms with Crippen molar-refractivity contribution in [1.82, 2.24) is 10.3 Å². The van der Waals surface area contributed by atoms with Crippen molar-refractivity contribution in [3.8, 4) is 0 Å². The molecule has 0 bridgehead atoms. The van der Waals surface area contributed by atoms with Crippen LogP contribution in [0.15, 0.2) is 18.3 Å². The molecule has 2 saturated heterocycles. The molecule has 1 aromatic heterocycles. The van der Waals surface area contributed by atoms with Crippen LogP contribution < -0.4 is 10.2 Å². The minimum Gasteiger partial charge on any atom is -0.381 e. The Kier molecular flexibility index (Phi) is 4.93. The second kappa shape index (κ2) is 6.96. The van der Waals surface area contributed by atoms with Gasteiger partial charge in [0.25, 0.3) is 0 Å². The van der Waals surface area contributed by atoms with Crippen LogP contribution in [0.4, 0.5) is 19.0 Å². The molecule has 1 amide bonds. The Morgan fingerprint density at radius 1 is 1.25 bits per heavy atom. The summed E-state index contributed by atoms with van der Waals surface area (Å²) in [6.07, 6.45) is -1.23. The van der Waals surface area contributed by atoms with Gasteiger partial charge in [-0.15, -0.1) is 0 Å². The number of hydrogen-bond donors (Lipinski definition) is 1. The van der Waals surface area contributed by atoms with Crippen molar-refractivity contribution in [3.63, 3.8) is 0 Å². The summed E-state index contributed by atoms with van der Waals surface area (Å²) in [7, 11) is 0. The molecule has 0 aliphatic carbocycles. The summed E-state index contributed by atoms with van der Waals surface area (Å²) in [5.41, 5.74) is -0.765. The molecule has 2 aliphatic heterocycles. The first-order valence-electron chi connectivity index (χ1n) is 8.10. The van der Waals surface area contributed by atoms with Crippen LogP contribution in [0.1, 0.15) is 24.8 Å². The Morgan fingerprint density at radius 3 is 2.62 bits per heavy atom. The van der Waals surface area contributed by atoms with E-state index in [0.717, 1.165) is 25.1 Å². The van der Waals surface area contributed by atoms with Crippen LogP contribution in [0.25, 0.3) is 0 Å². The van der Waals surface area contributed by atoms with E-state index >= 15 is 0 Å². The molecule has 3 rings (SSSR count). The molecule has 0 aromatic carbocycles. The molecule has 2 aliphatic rings. The molecular formula is C16H20F3N3O2. The number of alkyl halides is 3. The Balaban J connectivity index is 1.55. The topological polar surface area (TPSA) is 54.5 Å². The number of rotatable bonds is 3. The van der Waals surface area contributed by atoms with E-state index in [9.17, 15) is 18.0 Å². The fourth-order valence-electron chi connectivity index (χ4n) is 3.08. The van der Waals surface area contributed by atoms with Crippen molar-refractivity contribution < 1.29 is 22.7 Å². The van der Waals surface area contributed by atoms with Crippen LogP contribution in [0, 0.1) is 5.92 Å². The second-order valence-electron chi connectivity index (χ2n) is 6.23. The van der Waals surface area contributed by atoms with E-state index in [-0.39, 0.29) is 17.9 Å². The molecule has 3 heterocycles. The van der Waals surface area contributed by atoms with Crippen molar-refractivity contribution in [3.05, 3.63) is 23.9 Å². The van der Waals surface area contributed by atoms with E-state index in [2.05, 4.69) is 10.3 Å². The summed E-state index contributed by atoms with van der Waals surface area (Å²) in [6, 6.07) is 2.55. The van der Waals surface area contributed by atoms with Gasteiger partial charge >= 0.3 is 6.18 Å². The minimum absolute atomic E-state index is 0.0105. The summed E-state index contributed by atoms with van der Waals surface area (Å²) in [4.78, 5) is 18.1. The maximum atomic E-state index is 12.6. The third kappa shape index (κ3) is 3.98. The molecule has 24 heavy (non-hydrogen) atoms. The zero-order valence-corrected chi connectivity index (χ0v) is 13.2. The number of nitrogens with one attached hydrogen (secondary N) is 1. The summed E-state index contributed by atoms with van der Waals surface area (Å²) in [5, 5.41) is 3.05. The molecule has 0 spiro atoms. The van der Waals surface area contributed by atoms with Gasteiger partial charge in [0, 0.05) is 38.5 Å². The fraction of sp³-hybridized carbons (Fsp3) is 0.625. The van der Waals surface area contributed by atoms with E-state index in [4.69, 9.17) is 4.74 Å². The van der Waals surface area contributed by atoms with Gasteiger partial charge in [-0.2, -0.15) is 13.2 Å². The molecule has 5 nitrogen and oxygen atoms in total. The number of nitrogens with zero attached hydrogens (tertiary/aromatic N) is 2. The van der Waals surface area contributed by atoms with Gasteiger partial charge in [-0.3, -0.25) is 4.79 Å². The Labute approximate surface area is 138 Å². The molecule has 0 radical (unpaired) electrons. The zero-order chi connectivity index (χ0) is 17.2. The third-order valence-electron chi connectivity index (χ3n) is 4.53. The minimum atomic E-state index is -4.39. The number of amides is 1. The summed E-state index contributed by atoms with van der Waals surface area (Å²) in [5.74, 6) is 0.331. The van der Waals surface area contributed by atoms with Gasteiger partial charge in [-0.1, -0.05) is 0 Å². The second-order valence-corrected chi connectivity index (χ2v) is 6.23. The van der Waals surface area contributed by atoms with E-state index in [1.165, 1.54) is 6.07 Å². The van der Waals surface area contributed by atoms with Crippen LogP contribution in [0.2, 0.25) is 0 Å². The van der Waals surface area contributed by atoms with Crippen LogP contribution in [-0.4, -0.2) is 43.2 Å². The number of carbonyl (C=O) groups excluding carboxylic acids is 1. The van der Waals surface area contributed by atoms with E-state index in [0.29, 0.717) is 38.5 Å². The molecule has 1 unspecified atom stereocenters. The van der Waals surface area contributed by atoms with Crippen LogP contribution in [0.3, 0.4) is 0 Å². The molecular weight excluding hydrogens is 323 g/mol. The fourth-order valence-corrected chi connectivity index (χ4v) is 3.08. The van der Waals surface area contributed by atoms with Crippen molar-refractivity contribution in [2.24, 2.45) is 5.92 Å². The number of halogens is 3. The van der Waals surface area contributed by atoms with Crippen LogP contribution >= 0.6 is 0 Å². The summed E-state index contributed by atoms with van der Waals surface area (Å²) >= 11 is 0. The number of carbonyl (C=O) groups is 1. The maximum Gasteiger partial charge on any atom is 0.417 e. The van der Waals surface area contributed by atoms with Crippen molar-refractivity contribution in [1.29, 1.82) is 0 Å². The van der Waals surface area contributed by atoms with Crippen LogP contribution in [-0.2, 0) is 15.7 Å². The van der Waals surface area contributed by atoms with Gasteiger partial charge in [0.15, 0.2) is 0 Å². The Morgan fingerprint density at radius 2 is 2.00 bits per heavy atom. The maximum absolute atomic E-state index is 12.6. The first kappa shape index (κ1) is 17.0. The van der Waals surface area contributed by atoms with E-state index in [1.807, 2.05) is 4.90 Å². The van der Waals surface area contributed by atoms with Gasteiger partial charge in [-0.25, -0.2) is 4.98 Å². The third-order valence-corrected chi connectivity index (χ3v) is 4.53. The average molecular weight is 343 g/mol. The molecule has 1 atom stereocenters. The predicted molar refractivity (Wildman–Crippen MR) is 81.5 cm³/mol. The smallest absolute Gasteiger partial charge is 0.381 e. The summed E-state index contributed by atoms with van der Waals surface area (Å²) in [6.45, 7) is 2.42. The Hall–Kier alpha value is -1.83. The van der Waals surface area contributed by atoms with E-state index < -0.39 is 11.7 Å². The lowest BCUT2D eigenvalue weighted by atomic mass is 10.1. The molecule has 1 N–H and O–H groups in total. The van der Waals surface area contributed by atoms with Crippen molar-refractivity contribution in [2.45, 2.75) is 31.5 Å². The largest absolute Gasteiger partial charge is 0.417 e. The average Bonchev–Trinajstić information content (AvgIpc) is 3.05. The lowest BCUT2D eigenvalue weighted by Gasteiger charge is -2.24. The molecule has 0 saturated carbocycles. The number of ether oxygens (including phenoxy) is 1. The quantitative estimate of drug-likeness (QED) is 0.914. The van der Waals surface area contributed by atoms with Gasteiger partial charge in [-0.05, 0) is 31.4 Å². The van der Waals surface area contributed by atoms with Gasteiger partial charge in [0.05, 0.1) is 11.5 Å². The van der Waals surface area contributed by atoms with Gasteiger partial charge in [0.1, 0.15) is 5.82 Å². The highest BCUT2D eigenvalue weighted by molar-refractivity contribution is 5.80. The number of aromatic nitrogens is 1. The number of pyridine rings is 1. The lowest BCUT2D eigenvalue weighted by molar-refractivity contribution is -0.137. The Bertz CT molecular complexity index is 571. The first-order chi connectivity index (χ1) is 11.4. The lowest BCUT2D eigenvalue weighted by Crippen LogP contribution is -2.42. The SMILES string of the molecule is O=C(NC1CCOCC1)C1CCN(c2ccc(C(F)(F)F)cn2)C1. The van der Waals surface area contributed by atoms with Crippen LogP contribution in [0.5, 0.6) is 0 Å². The molecule has 2 fully saturated rings. The summed E-state index contributed by atoms with van der Waals surface area (Å²) < 4.78 is 43.0. The first-order valence-corrected chi connectivity index (χ1v) is 8.10. The standard InChI is InChI=1S/C16H20F3N3O2/c17-16(18,19)12-1-2-14(20-9-12)22-6-3-11(10-22)15(23)21-13-4-7-24-8-5-13/h1-2,9,11,13H,3-8,10H2,(H,21,23). The molecule has 8 heteroatoms. The highest BCUT2D eigenvalue weighted by atomic mass is 19.4. The van der Waals surface area contributed by atoms with Gasteiger partial charge in [0.2, 0.25) is 5.91 Å². The van der Waals surface area contributed by atoms with Gasteiger partial charge < -0.3 is 15.0 Å². The normalized spacial score (nSPS) is 22.6. The van der Waals surface area contributed by atoms with Crippen molar-refractivity contribution in [2.75, 3.05) is 31.2 Å². The molecule has 1 aromatic rings. The van der Waals surface area contributed by atoms with E-state index in [1.54, 1.807) is 0 Å². The zero-order valence-electron chi connectivity index (χ0n) is 13.2. The molecule has 132 valence electrons. The number of anilines is 1. The highest BCUT2D eigenvalue weighted by Gasteiger charge is 2.33.